The highest BCUT2D eigenvalue weighted by Gasteiger charge is 2.51. The fourth-order valence-corrected chi connectivity index (χ4v) is 3.57. The first-order chi connectivity index (χ1) is 15.6. The van der Waals surface area contributed by atoms with E-state index < -0.39 is 24.1 Å². The van der Waals surface area contributed by atoms with Gasteiger partial charge in [-0.3, -0.25) is 4.79 Å². The van der Waals surface area contributed by atoms with E-state index in [1.165, 1.54) is 13.2 Å². The van der Waals surface area contributed by atoms with Gasteiger partial charge in [-0.05, 0) is 81.7 Å². The van der Waals surface area contributed by atoms with Gasteiger partial charge in [0.1, 0.15) is 5.75 Å². The highest BCUT2D eigenvalue weighted by atomic mass is 19.1. The minimum Gasteiger partial charge on any atom is -0.494 e. The number of ether oxygens (including phenoxy) is 2. The van der Waals surface area contributed by atoms with Gasteiger partial charge in [-0.2, -0.15) is 0 Å². The minimum absolute atomic E-state index is 0.163. The summed E-state index contributed by atoms with van der Waals surface area (Å²) in [6.07, 6.45) is 2.30. The van der Waals surface area contributed by atoms with Gasteiger partial charge in [-0.15, -0.1) is 0 Å². The number of amides is 1. The monoisotopic (exact) mass is 455 g/mol. The van der Waals surface area contributed by atoms with Crippen molar-refractivity contribution in [2.75, 3.05) is 13.7 Å². The van der Waals surface area contributed by atoms with Crippen LogP contribution in [0.5, 0.6) is 11.5 Å². The van der Waals surface area contributed by atoms with E-state index in [4.69, 9.17) is 18.8 Å². The number of hydrogen-bond acceptors (Lipinski definition) is 5. The van der Waals surface area contributed by atoms with Crippen molar-refractivity contribution in [3.8, 4) is 11.5 Å². The minimum atomic E-state index is -0.588. The fraction of sp³-hybridized carbons (Fsp3) is 0.480. The van der Waals surface area contributed by atoms with Crippen molar-refractivity contribution in [2.45, 2.75) is 58.3 Å². The van der Waals surface area contributed by atoms with Crippen LogP contribution in [0.4, 0.5) is 4.39 Å². The highest BCUT2D eigenvalue weighted by Crippen LogP contribution is 2.37. The maximum atomic E-state index is 14.0. The van der Waals surface area contributed by atoms with E-state index in [-0.39, 0.29) is 18.2 Å². The predicted octanol–water partition coefficient (Wildman–Crippen LogP) is 3.85. The van der Waals surface area contributed by atoms with Gasteiger partial charge in [-0.1, -0.05) is 12.1 Å². The third-order valence-electron chi connectivity index (χ3n) is 6.61. The first-order valence-corrected chi connectivity index (χ1v) is 11.3. The molecule has 0 atom stereocenters. The van der Waals surface area contributed by atoms with Crippen LogP contribution in [0.1, 0.15) is 56.5 Å². The first kappa shape index (κ1) is 23.6. The van der Waals surface area contributed by atoms with Gasteiger partial charge in [0.2, 0.25) is 0 Å². The van der Waals surface area contributed by atoms with Crippen LogP contribution in [-0.2, 0) is 15.9 Å². The maximum absolute atomic E-state index is 14.0. The van der Waals surface area contributed by atoms with Crippen molar-refractivity contribution < 1.29 is 28.0 Å². The number of nitrogens with one attached hydrogen (secondary N) is 1. The Morgan fingerprint density at radius 1 is 1.09 bits per heavy atom. The third-order valence-corrected chi connectivity index (χ3v) is 6.61. The summed E-state index contributed by atoms with van der Waals surface area (Å²) < 4.78 is 37.2. The standard InChI is InChI=1S/C25H31BFNO5/c1-24(2)25(3,4)33-26(32-24)18-9-11-21(31-15-16-6-7-16)19(13-18)23(29)28-14-17-8-10-22(30-5)20(27)12-17/h8-13,16H,6-7,14-15H2,1-5H3,(H,28,29). The third kappa shape index (κ3) is 5.17. The second kappa shape index (κ2) is 8.99. The molecule has 176 valence electrons. The molecule has 1 saturated carbocycles. The predicted molar refractivity (Wildman–Crippen MR) is 124 cm³/mol. The van der Waals surface area contributed by atoms with Gasteiger partial charge in [-0.25, -0.2) is 4.39 Å². The molecule has 1 heterocycles. The molecule has 4 rings (SSSR count). The summed E-state index contributed by atoms with van der Waals surface area (Å²) >= 11 is 0. The average Bonchev–Trinajstić information content (AvgIpc) is 3.56. The number of halogens is 1. The average molecular weight is 455 g/mol. The number of carbonyl (C=O) groups excluding carboxylic acids is 1. The van der Waals surface area contributed by atoms with Crippen molar-refractivity contribution in [1.82, 2.24) is 5.32 Å². The Bertz CT molecular complexity index is 1020. The van der Waals surface area contributed by atoms with Crippen LogP contribution in [0.15, 0.2) is 36.4 Å². The van der Waals surface area contributed by atoms with Crippen molar-refractivity contribution >= 4 is 18.5 Å². The molecule has 0 radical (unpaired) electrons. The molecular weight excluding hydrogens is 424 g/mol. The molecule has 1 aliphatic heterocycles. The van der Waals surface area contributed by atoms with Gasteiger partial charge < -0.3 is 24.1 Å². The Balaban J connectivity index is 1.54. The smallest absolute Gasteiger partial charge is 0.494 e. The van der Waals surface area contributed by atoms with Crippen LogP contribution in [-0.4, -0.2) is 37.9 Å². The molecule has 2 aromatic rings. The zero-order valence-corrected chi connectivity index (χ0v) is 19.9. The summed E-state index contributed by atoms with van der Waals surface area (Å²) in [5, 5.41) is 2.87. The van der Waals surface area contributed by atoms with E-state index in [9.17, 15) is 9.18 Å². The molecule has 0 unspecified atom stereocenters. The molecule has 1 aliphatic carbocycles. The van der Waals surface area contributed by atoms with Crippen LogP contribution in [0, 0.1) is 11.7 Å². The molecule has 33 heavy (non-hydrogen) atoms. The highest BCUT2D eigenvalue weighted by molar-refractivity contribution is 6.62. The van der Waals surface area contributed by atoms with Gasteiger partial charge in [0.05, 0.1) is 30.5 Å². The fourth-order valence-electron chi connectivity index (χ4n) is 3.57. The summed E-state index contributed by atoms with van der Waals surface area (Å²) in [5.74, 6) is 0.443. The molecule has 0 spiro atoms. The summed E-state index contributed by atoms with van der Waals surface area (Å²) in [5.41, 5.74) is 0.799. The largest absolute Gasteiger partial charge is 0.494 e. The van der Waals surface area contributed by atoms with Gasteiger partial charge in [0, 0.05) is 6.54 Å². The lowest BCUT2D eigenvalue weighted by Crippen LogP contribution is -2.41. The molecule has 2 aliphatic rings. The molecule has 1 N–H and O–H groups in total. The van der Waals surface area contributed by atoms with Crippen LogP contribution in [0.2, 0.25) is 0 Å². The second-order valence-electron chi connectivity index (χ2n) is 9.75. The molecule has 2 aromatic carbocycles. The Kier molecular flexibility index (Phi) is 6.42. The Morgan fingerprint density at radius 3 is 2.36 bits per heavy atom. The Hall–Kier alpha value is -2.58. The Labute approximate surface area is 194 Å². The van der Waals surface area contributed by atoms with Crippen molar-refractivity contribution in [3.05, 3.63) is 53.3 Å². The van der Waals surface area contributed by atoms with Crippen LogP contribution >= 0.6 is 0 Å². The first-order valence-electron chi connectivity index (χ1n) is 11.3. The summed E-state index contributed by atoms with van der Waals surface area (Å²) in [6.45, 7) is 8.70. The van der Waals surface area contributed by atoms with E-state index in [1.807, 2.05) is 33.8 Å². The molecule has 8 heteroatoms. The molecular formula is C25H31BFNO5. The second-order valence-corrected chi connectivity index (χ2v) is 9.75. The van der Waals surface area contributed by atoms with Crippen LogP contribution < -0.4 is 20.3 Å². The van der Waals surface area contributed by atoms with E-state index in [0.29, 0.717) is 29.4 Å². The maximum Gasteiger partial charge on any atom is 0.494 e. The molecule has 2 fully saturated rings. The lowest BCUT2D eigenvalue weighted by atomic mass is 9.78. The topological polar surface area (TPSA) is 66.0 Å². The van der Waals surface area contributed by atoms with Gasteiger partial charge >= 0.3 is 7.12 Å². The quantitative estimate of drug-likeness (QED) is 0.613. The van der Waals surface area contributed by atoms with Crippen molar-refractivity contribution in [2.24, 2.45) is 5.92 Å². The molecule has 6 nitrogen and oxygen atoms in total. The van der Waals surface area contributed by atoms with E-state index in [2.05, 4.69) is 5.32 Å². The van der Waals surface area contributed by atoms with Crippen LogP contribution in [0.25, 0.3) is 0 Å². The zero-order valence-electron chi connectivity index (χ0n) is 19.9. The zero-order chi connectivity index (χ0) is 23.8. The summed E-state index contributed by atoms with van der Waals surface area (Å²) in [7, 11) is 0.825. The molecule has 1 saturated heterocycles. The van der Waals surface area contributed by atoms with E-state index >= 15 is 0 Å². The van der Waals surface area contributed by atoms with Gasteiger partial charge in [0.15, 0.2) is 11.6 Å². The molecule has 0 bridgehead atoms. The summed E-state index contributed by atoms with van der Waals surface area (Å²) in [6, 6.07) is 10.0. The van der Waals surface area contributed by atoms with E-state index in [1.54, 1.807) is 24.3 Å². The SMILES string of the molecule is COc1ccc(CNC(=O)c2cc(B3OC(C)(C)C(C)(C)O3)ccc2OCC2CC2)cc1F. The lowest BCUT2D eigenvalue weighted by molar-refractivity contribution is 0.00578. The number of hydrogen-bond donors (Lipinski definition) is 1. The number of methoxy groups -OCH3 is 1. The number of rotatable bonds is 8. The molecule has 0 aromatic heterocycles. The van der Waals surface area contributed by atoms with E-state index in [0.717, 1.165) is 18.3 Å². The normalized spacial score (nSPS) is 18.8. The van der Waals surface area contributed by atoms with Crippen LogP contribution in [0.3, 0.4) is 0 Å². The summed E-state index contributed by atoms with van der Waals surface area (Å²) in [4.78, 5) is 13.1. The number of carbonyl (C=O) groups is 1. The van der Waals surface area contributed by atoms with Crippen molar-refractivity contribution in [3.63, 3.8) is 0 Å². The Morgan fingerprint density at radius 2 is 1.76 bits per heavy atom. The van der Waals surface area contributed by atoms with Crippen molar-refractivity contribution in [1.29, 1.82) is 0 Å². The number of benzene rings is 2. The van der Waals surface area contributed by atoms with Gasteiger partial charge in [0.25, 0.3) is 5.91 Å². The lowest BCUT2D eigenvalue weighted by Gasteiger charge is -2.32. The molecule has 1 amide bonds.